The number of hydrazine groups is 1. The van der Waals surface area contributed by atoms with Crippen LogP contribution in [0.2, 0.25) is 0 Å². The van der Waals surface area contributed by atoms with Crippen LogP contribution in [0.4, 0.5) is 13.2 Å². The summed E-state index contributed by atoms with van der Waals surface area (Å²) in [5, 5.41) is 0. The average Bonchev–Trinajstić information content (AvgIpc) is 2.40. The number of hydrogen-bond donors (Lipinski definition) is 2. The molecule has 0 heterocycles. The Morgan fingerprint density at radius 3 is 2.15 bits per heavy atom. The topological polar surface area (TPSA) is 38.0 Å². The highest BCUT2D eigenvalue weighted by molar-refractivity contribution is 5.39. The van der Waals surface area contributed by atoms with Gasteiger partial charge in [0.2, 0.25) is 0 Å². The van der Waals surface area contributed by atoms with Gasteiger partial charge in [0, 0.05) is 0 Å². The molecule has 2 aromatic carbocycles. The van der Waals surface area contributed by atoms with Crippen LogP contribution in [0.3, 0.4) is 0 Å². The summed E-state index contributed by atoms with van der Waals surface area (Å²) in [7, 11) is 0. The van der Waals surface area contributed by atoms with E-state index in [9.17, 15) is 13.2 Å². The molecule has 2 nitrogen and oxygen atoms in total. The highest BCUT2D eigenvalue weighted by atomic mass is 19.2. The van der Waals surface area contributed by atoms with Gasteiger partial charge >= 0.3 is 0 Å². The second kappa shape index (κ2) is 5.64. The second-order valence-electron chi connectivity index (χ2n) is 4.76. The van der Waals surface area contributed by atoms with Crippen molar-refractivity contribution in [3.8, 4) is 0 Å². The van der Waals surface area contributed by atoms with Gasteiger partial charge in [0.05, 0.1) is 6.04 Å². The van der Waals surface area contributed by atoms with Gasteiger partial charge in [-0.05, 0) is 42.7 Å². The Kier molecular flexibility index (Phi) is 4.11. The van der Waals surface area contributed by atoms with Gasteiger partial charge in [-0.2, -0.15) is 0 Å². The second-order valence-corrected chi connectivity index (χ2v) is 4.76. The minimum Gasteiger partial charge on any atom is -0.271 e. The molecule has 3 N–H and O–H groups in total. The number of nitrogens with one attached hydrogen (secondary N) is 1. The van der Waals surface area contributed by atoms with E-state index in [-0.39, 0.29) is 5.56 Å². The van der Waals surface area contributed by atoms with Crippen LogP contribution in [0.15, 0.2) is 30.3 Å². The third-order valence-electron chi connectivity index (χ3n) is 3.25. The zero-order valence-electron chi connectivity index (χ0n) is 11.2. The molecule has 0 aliphatic carbocycles. The maximum Gasteiger partial charge on any atom is 0.194 e. The SMILES string of the molecule is Cc1ccc(C)c(C(NN)c2cc(F)c(F)c(F)c2)c1. The molecule has 20 heavy (non-hydrogen) atoms. The van der Waals surface area contributed by atoms with Crippen molar-refractivity contribution in [3.05, 3.63) is 70.0 Å². The van der Waals surface area contributed by atoms with Crippen molar-refractivity contribution in [3.63, 3.8) is 0 Å². The first-order valence-corrected chi connectivity index (χ1v) is 6.11. The summed E-state index contributed by atoms with van der Waals surface area (Å²) >= 11 is 0. The molecule has 5 heteroatoms. The molecule has 0 saturated carbocycles. The Labute approximate surface area is 115 Å². The minimum atomic E-state index is -1.48. The zero-order chi connectivity index (χ0) is 14.9. The molecule has 0 aliphatic rings. The lowest BCUT2D eigenvalue weighted by atomic mass is 9.94. The van der Waals surface area contributed by atoms with Gasteiger partial charge in [0.1, 0.15) is 0 Å². The largest absolute Gasteiger partial charge is 0.271 e. The lowest BCUT2D eigenvalue weighted by molar-refractivity contribution is 0.442. The molecule has 0 aliphatic heterocycles. The number of rotatable bonds is 3. The smallest absolute Gasteiger partial charge is 0.194 e. The van der Waals surface area contributed by atoms with E-state index >= 15 is 0 Å². The van der Waals surface area contributed by atoms with Gasteiger partial charge in [-0.1, -0.05) is 23.8 Å². The van der Waals surface area contributed by atoms with Gasteiger partial charge in [-0.15, -0.1) is 0 Å². The molecule has 1 unspecified atom stereocenters. The Morgan fingerprint density at radius 2 is 1.60 bits per heavy atom. The van der Waals surface area contributed by atoms with Gasteiger partial charge in [0.25, 0.3) is 0 Å². The van der Waals surface area contributed by atoms with Gasteiger partial charge < -0.3 is 0 Å². The zero-order valence-corrected chi connectivity index (χ0v) is 11.2. The van der Waals surface area contributed by atoms with Crippen molar-refractivity contribution >= 4 is 0 Å². The molecule has 0 radical (unpaired) electrons. The highest BCUT2D eigenvalue weighted by Gasteiger charge is 2.19. The van der Waals surface area contributed by atoms with Crippen molar-refractivity contribution in [1.29, 1.82) is 0 Å². The standard InChI is InChI=1S/C15H15F3N2/c1-8-3-4-9(2)11(5-8)15(20-19)10-6-12(16)14(18)13(17)7-10/h3-7,15,20H,19H2,1-2H3. The molecule has 0 aromatic heterocycles. The summed E-state index contributed by atoms with van der Waals surface area (Å²) < 4.78 is 39.7. The fourth-order valence-corrected chi connectivity index (χ4v) is 2.18. The lowest BCUT2D eigenvalue weighted by Gasteiger charge is -2.20. The van der Waals surface area contributed by atoms with Crippen LogP contribution in [0, 0.1) is 31.3 Å². The molecule has 2 aromatic rings. The third kappa shape index (κ3) is 2.69. The van der Waals surface area contributed by atoms with Crippen molar-refractivity contribution in [2.75, 3.05) is 0 Å². The van der Waals surface area contributed by atoms with E-state index in [0.717, 1.165) is 28.8 Å². The van der Waals surface area contributed by atoms with E-state index in [0.29, 0.717) is 0 Å². The molecule has 1 atom stereocenters. The first-order chi connectivity index (χ1) is 9.43. The van der Waals surface area contributed by atoms with E-state index < -0.39 is 23.5 Å². The van der Waals surface area contributed by atoms with Crippen LogP contribution in [0.25, 0.3) is 0 Å². The van der Waals surface area contributed by atoms with Crippen LogP contribution in [0.5, 0.6) is 0 Å². The van der Waals surface area contributed by atoms with Crippen LogP contribution < -0.4 is 11.3 Å². The third-order valence-corrected chi connectivity index (χ3v) is 3.25. The molecule has 0 saturated heterocycles. The van der Waals surface area contributed by atoms with Crippen LogP contribution in [0.1, 0.15) is 28.3 Å². The molecule has 2 rings (SSSR count). The maximum atomic E-state index is 13.3. The van der Waals surface area contributed by atoms with Crippen LogP contribution in [-0.4, -0.2) is 0 Å². The number of hydrogen-bond acceptors (Lipinski definition) is 2. The molecular weight excluding hydrogens is 265 g/mol. The Bertz CT molecular complexity index is 618. The lowest BCUT2D eigenvalue weighted by Crippen LogP contribution is -2.29. The monoisotopic (exact) mass is 280 g/mol. The number of aryl methyl sites for hydroxylation is 2. The van der Waals surface area contributed by atoms with E-state index in [1.807, 2.05) is 32.0 Å². The summed E-state index contributed by atoms with van der Waals surface area (Å²) in [5.41, 5.74) is 5.46. The maximum absolute atomic E-state index is 13.3. The summed E-state index contributed by atoms with van der Waals surface area (Å²) in [6, 6.07) is 6.98. The average molecular weight is 280 g/mol. The normalized spacial score (nSPS) is 12.5. The van der Waals surface area contributed by atoms with Gasteiger partial charge in [0.15, 0.2) is 17.5 Å². The molecule has 0 spiro atoms. The first-order valence-electron chi connectivity index (χ1n) is 6.11. The minimum absolute atomic E-state index is 0.234. The number of halogens is 3. The van der Waals surface area contributed by atoms with Crippen LogP contribution in [-0.2, 0) is 0 Å². The Hall–Kier alpha value is -1.85. The first kappa shape index (κ1) is 14.6. The molecule has 0 bridgehead atoms. The quantitative estimate of drug-likeness (QED) is 0.514. The summed E-state index contributed by atoms with van der Waals surface area (Å²) in [6.07, 6.45) is 0. The number of nitrogens with two attached hydrogens (primary N) is 1. The fraction of sp³-hybridized carbons (Fsp3) is 0.200. The summed E-state index contributed by atoms with van der Waals surface area (Å²) in [6.45, 7) is 3.78. The Morgan fingerprint density at radius 1 is 1.00 bits per heavy atom. The molecule has 0 amide bonds. The van der Waals surface area contributed by atoms with Crippen molar-refractivity contribution in [2.24, 2.45) is 5.84 Å². The summed E-state index contributed by atoms with van der Waals surface area (Å²) in [5.74, 6) is 1.56. The van der Waals surface area contributed by atoms with E-state index in [4.69, 9.17) is 5.84 Å². The van der Waals surface area contributed by atoms with Gasteiger partial charge in [-0.3, -0.25) is 5.84 Å². The van der Waals surface area contributed by atoms with Crippen molar-refractivity contribution in [1.82, 2.24) is 5.43 Å². The fourth-order valence-electron chi connectivity index (χ4n) is 2.18. The van der Waals surface area contributed by atoms with Gasteiger partial charge in [-0.25, -0.2) is 18.6 Å². The number of benzene rings is 2. The summed E-state index contributed by atoms with van der Waals surface area (Å²) in [4.78, 5) is 0. The van der Waals surface area contributed by atoms with Crippen molar-refractivity contribution < 1.29 is 13.2 Å². The molecule has 0 fully saturated rings. The molecular formula is C15H15F3N2. The Balaban J connectivity index is 2.55. The van der Waals surface area contributed by atoms with Crippen LogP contribution >= 0.6 is 0 Å². The van der Waals surface area contributed by atoms with E-state index in [2.05, 4.69) is 5.43 Å². The highest BCUT2D eigenvalue weighted by Crippen LogP contribution is 2.27. The molecule has 106 valence electrons. The van der Waals surface area contributed by atoms with Crippen molar-refractivity contribution in [2.45, 2.75) is 19.9 Å². The van der Waals surface area contributed by atoms with E-state index in [1.54, 1.807) is 0 Å². The predicted molar refractivity (Wildman–Crippen MR) is 71.4 cm³/mol. The predicted octanol–water partition coefficient (Wildman–Crippen LogP) is 3.27. The van der Waals surface area contributed by atoms with E-state index in [1.165, 1.54) is 0 Å².